The normalized spacial score (nSPS) is 15.0. The molecular weight excluding hydrogens is 541 g/mol. The van der Waals surface area contributed by atoms with Crippen LogP contribution in [0.4, 0.5) is 0 Å². The number of Topliss-reactive ketones (excluding diaryl/α,β-unsaturated/α-hetero) is 1. The van der Waals surface area contributed by atoms with E-state index in [1.165, 1.54) is 27.1 Å². The fourth-order valence-corrected chi connectivity index (χ4v) is 7.57. The summed E-state index contributed by atoms with van der Waals surface area (Å²) in [5.41, 5.74) is 2.17. The lowest BCUT2D eigenvalue weighted by molar-refractivity contribution is 0.0972. The molecule has 4 rings (SSSR count). The van der Waals surface area contributed by atoms with Gasteiger partial charge in [-0.25, -0.2) is 4.21 Å². The van der Waals surface area contributed by atoms with E-state index < -0.39 is 9.83 Å². The molecule has 0 saturated heterocycles. The maximum absolute atomic E-state index is 12.7. The molecule has 2 nitrogen and oxygen atoms in total. The molecule has 0 fully saturated rings. The number of hydrogen-bond donors (Lipinski definition) is 0. The van der Waals surface area contributed by atoms with E-state index in [0.717, 1.165) is 41.4 Å². The molecule has 0 N–H and O–H groups in total. The standard InChI is InChI=1S/C37H42O2S2/c1-28(24-30(3)33-20-18-31-14-4-6-16-34(31)26-33)13-9-11-23-41(39)40-22-10-8-12-29(2)25-37(38)36-21-19-32-15-5-7-17-35(32)27-36/h4-9,12-21,26-30H,10-11,22-25H2,1-3H3/b12-8+,13-9+. The van der Waals surface area contributed by atoms with E-state index in [0.29, 0.717) is 24.0 Å². The van der Waals surface area contributed by atoms with Gasteiger partial charge in [-0.2, -0.15) is 0 Å². The predicted molar refractivity (Wildman–Crippen MR) is 181 cm³/mol. The zero-order valence-corrected chi connectivity index (χ0v) is 26.1. The van der Waals surface area contributed by atoms with Gasteiger partial charge in [0.1, 0.15) is 0 Å². The minimum Gasteiger partial charge on any atom is -0.294 e. The molecular formula is C37H42O2S2. The molecule has 0 spiro atoms. The summed E-state index contributed by atoms with van der Waals surface area (Å²) in [6, 6.07) is 29.4. The van der Waals surface area contributed by atoms with Gasteiger partial charge in [-0.15, -0.1) is 0 Å². The van der Waals surface area contributed by atoms with Crippen molar-refractivity contribution in [1.29, 1.82) is 0 Å². The molecule has 0 bridgehead atoms. The summed E-state index contributed by atoms with van der Waals surface area (Å²) in [6.45, 7) is 6.65. The van der Waals surface area contributed by atoms with Crippen LogP contribution in [0.2, 0.25) is 0 Å². The van der Waals surface area contributed by atoms with Gasteiger partial charge in [0.25, 0.3) is 0 Å². The van der Waals surface area contributed by atoms with Gasteiger partial charge in [-0.1, -0.05) is 135 Å². The van der Waals surface area contributed by atoms with Crippen molar-refractivity contribution in [3.05, 3.63) is 120 Å². The second-order valence-electron chi connectivity index (χ2n) is 11.2. The molecule has 41 heavy (non-hydrogen) atoms. The Hall–Kier alpha value is -2.95. The van der Waals surface area contributed by atoms with E-state index >= 15 is 0 Å². The first-order valence-corrected chi connectivity index (χ1v) is 17.6. The average Bonchev–Trinajstić information content (AvgIpc) is 2.98. The zero-order valence-electron chi connectivity index (χ0n) is 24.5. The fourth-order valence-electron chi connectivity index (χ4n) is 5.22. The zero-order chi connectivity index (χ0) is 29.0. The van der Waals surface area contributed by atoms with Gasteiger partial charge < -0.3 is 0 Å². The summed E-state index contributed by atoms with van der Waals surface area (Å²) < 4.78 is 12.4. The Kier molecular flexibility index (Phi) is 12.0. The molecule has 214 valence electrons. The Morgan fingerprint density at radius 3 is 2.10 bits per heavy atom. The Labute approximate surface area is 252 Å². The SMILES string of the molecule is CC(/C=C/CCSS(=O)CC/C=C/C(C)CC(C)c1ccc2ccccc2c1)CC(=O)c1ccc2ccccc2c1. The lowest BCUT2D eigenvalue weighted by atomic mass is 9.89. The van der Waals surface area contributed by atoms with E-state index in [4.69, 9.17) is 0 Å². The van der Waals surface area contributed by atoms with Gasteiger partial charge >= 0.3 is 0 Å². The van der Waals surface area contributed by atoms with Crippen LogP contribution < -0.4 is 0 Å². The van der Waals surface area contributed by atoms with Crippen molar-refractivity contribution in [2.75, 3.05) is 11.5 Å². The molecule has 0 amide bonds. The molecule has 0 aromatic heterocycles. The van der Waals surface area contributed by atoms with E-state index in [9.17, 15) is 9.00 Å². The van der Waals surface area contributed by atoms with E-state index in [2.05, 4.69) is 93.6 Å². The van der Waals surface area contributed by atoms with Crippen LogP contribution >= 0.6 is 10.8 Å². The van der Waals surface area contributed by atoms with Gasteiger partial charge in [0.05, 0.1) is 9.83 Å². The molecule has 0 radical (unpaired) electrons. The minimum atomic E-state index is -0.871. The number of hydrogen-bond acceptors (Lipinski definition) is 3. The quantitative estimate of drug-likeness (QED) is 0.0605. The van der Waals surface area contributed by atoms with Crippen molar-refractivity contribution in [1.82, 2.24) is 0 Å². The first-order valence-electron chi connectivity index (χ1n) is 14.7. The lowest BCUT2D eigenvalue weighted by Gasteiger charge is -2.16. The highest BCUT2D eigenvalue weighted by atomic mass is 33.1. The van der Waals surface area contributed by atoms with Gasteiger partial charge in [-0.05, 0) is 70.2 Å². The summed E-state index contributed by atoms with van der Waals surface area (Å²) in [5, 5.41) is 4.84. The van der Waals surface area contributed by atoms with Gasteiger partial charge in [0.15, 0.2) is 5.78 Å². The molecule has 0 heterocycles. The number of benzene rings is 4. The van der Waals surface area contributed by atoms with Crippen molar-refractivity contribution >= 4 is 48.0 Å². The fraction of sp³-hybridized carbons (Fsp3) is 0.324. The topological polar surface area (TPSA) is 34.1 Å². The average molecular weight is 583 g/mol. The largest absolute Gasteiger partial charge is 0.294 e. The highest BCUT2D eigenvalue weighted by molar-refractivity contribution is 8.69. The third kappa shape index (κ3) is 9.83. The maximum Gasteiger partial charge on any atom is 0.163 e. The number of fused-ring (bicyclic) bond motifs is 2. The van der Waals surface area contributed by atoms with Crippen LogP contribution in [0.25, 0.3) is 21.5 Å². The van der Waals surface area contributed by atoms with Crippen LogP contribution in [0, 0.1) is 11.8 Å². The number of carbonyl (C=O) groups excluding carboxylic acids is 1. The highest BCUT2D eigenvalue weighted by Crippen LogP contribution is 2.27. The summed E-state index contributed by atoms with van der Waals surface area (Å²) in [4.78, 5) is 12.7. The Morgan fingerprint density at radius 1 is 0.756 bits per heavy atom. The van der Waals surface area contributed by atoms with Crippen molar-refractivity contribution in [2.24, 2.45) is 11.8 Å². The molecule has 0 aliphatic carbocycles. The van der Waals surface area contributed by atoms with Crippen molar-refractivity contribution in [3.8, 4) is 0 Å². The lowest BCUT2D eigenvalue weighted by Crippen LogP contribution is -2.04. The monoisotopic (exact) mass is 582 g/mol. The van der Waals surface area contributed by atoms with Gasteiger partial charge in [-0.3, -0.25) is 4.79 Å². The summed E-state index contributed by atoms with van der Waals surface area (Å²) in [6.07, 6.45) is 12.0. The van der Waals surface area contributed by atoms with Crippen molar-refractivity contribution in [3.63, 3.8) is 0 Å². The molecule has 0 saturated carbocycles. The molecule has 0 aliphatic rings. The van der Waals surface area contributed by atoms with Crippen LogP contribution in [-0.4, -0.2) is 21.5 Å². The minimum absolute atomic E-state index is 0.175. The van der Waals surface area contributed by atoms with E-state index in [1.807, 2.05) is 36.4 Å². The molecule has 4 aromatic rings. The van der Waals surface area contributed by atoms with E-state index in [1.54, 1.807) is 0 Å². The second-order valence-corrected chi connectivity index (χ2v) is 14.6. The number of carbonyl (C=O) groups is 1. The van der Waals surface area contributed by atoms with Crippen molar-refractivity contribution in [2.45, 2.75) is 52.4 Å². The Bertz CT molecular complexity index is 1520. The van der Waals surface area contributed by atoms with E-state index in [-0.39, 0.29) is 11.7 Å². The molecule has 4 atom stereocenters. The first kappa shape index (κ1) is 31.0. The Balaban J connectivity index is 1.09. The summed E-state index contributed by atoms with van der Waals surface area (Å²) in [7, 11) is 0.657. The van der Waals surface area contributed by atoms with Crippen LogP contribution in [0.5, 0.6) is 0 Å². The smallest absolute Gasteiger partial charge is 0.163 e. The second kappa shape index (κ2) is 15.9. The van der Waals surface area contributed by atoms with Gasteiger partial charge in [0, 0.05) is 23.5 Å². The maximum atomic E-state index is 12.7. The third-order valence-corrected chi connectivity index (χ3v) is 10.5. The number of ketones is 1. The van der Waals surface area contributed by atoms with Crippen LogP contribution in [0.1, 0.15) is 68.3 Å². The molecule has 4 unspecified atom stereocenters. The third-order valence-electron chi connectivity index (χ3n) is 7.53. The molecule has 4 heteroatoms. The summed E-state index contributed by atoms with van der Waals surface area (Å²) >= 11 is 0. The number of allylic oxidation sites excluding steroid dienone is 4. The van der Waals surface area contributed by atoms with Crippen LogP contribution in [0.15, 0.2) is 109 Å². The number of rotatable bonds is 15. The molecule has 4 aromatic carbocycles. The molecule has 0 aliphatic heterocycles. The van der Waals surface area contributed by atoms with Crippen molar-refractivity contribution < 1.29 is 9.00 Å². The van der Waals surface area contributed by atoms with Crippen LogP contribution in [0.3, 0.4) is 0 Å². The highest BCUT2D eigenvalue weighted by Gasteiger charge is 2.11. The van der Waals surface area contributed by atoms with Crippen LogP contribution in [-0.2, 0) is 9.83 Å². The van der Waals surface area contributed by atoms with Gasteiger partial charge in [0.2, 0.25) is 0 Å². The summed E-state index contributed by atoms with van der Waals surface area (Å²) in [5.74, 6) is 2.86. The Morgan fingerprint density at radius 2 is 1.37 bits per heavy atom. The predicted octanol–water partition coefficient (Wildman–Crippen LogP) is 10.3. The first-order chi connectivity index (χ1) is 19.9.